The lowest BCUT2D eigenvalue weighted by Crippen LogP contribution is -2.42. The molecule has 0 saturated carbocycles. The first-order valence-electron chi connectivity index (χ1n) is 7.81. The molecule has 3 rings (SSSR count). The molecule has 0 unspecified atom stereocenters. The van der Waals surface area contributed by atoms with Crippen LogP contribution in [0.4, 0.5) is 0 Å². The lowest BCUT2D eigenvalue weighted by molar-refractivity contribution is 0.0844. The summed E-state index contributed by atoms with van der Waals surface area (Å²) >= 11 is 6.09. The Morgan fingerprint density at radius 1 is 1.00 bits per heavy atom. The zero-order chi connectivity index (χ0) is 18.7. The fourth-order valence-corrected chi connectivity index (χ4v) is 2.60. The number of amides is 2. The van der Waals surface area contributed by atoms with Gasteiger partial charge >= 0.3 is 0 Å². The van der Waals surface area contributed by atoms with Crippen molar-refractivity contribution in [1.82, 2.24) is 25.6 Å². The molecule has 2 amide bonds. The number of aromatic nitrogens is 3. The van der Waals surface area contributed by atoms with Crippen molar-refractivity contribution in [3.05, 3.63) is 76.2 Å². The number of hydrogen-bond donors (Lipinski definition) is 2. The normalized spacial score (nSPS) is 10.4. The minimum absolute atomic E-state index is 0.00918. The van der Waals surface area contributed by atoms with Gasteiger partial charge in [0.2, 0.25) is 0 Å². The third-order valence-electron chi connectivity index (χ3n) is 3.60. The van der Waals surface area contributed by atoms with E-state index in [0.29, 0.717) is 11.4 Å². The van der Waals surface area contributed by atoms with Crippen molar-refractivity contribution in [1.29, 1.82) is 0 Å². The molecule has 2 aromatic heterocycles. The maximum absolute atomic E-state index is 12.4. The fraction of sp³-hybridized carbons (Fsp3) is 0.111. The Kier molecular flexibility index (Phi) is 4.99. The average molecular weight is 370 g/mol. The molecule has 0 radical (unpaired) electrons. The molecule has 3 aromatic rings. The standard InChI is InChI=1S/C18H16ClN5O2/c1-11-10-12(2)24(23-11)15-9-8-14(19)16(20-15)18(26)22-21-17(25)13-6-4-3-5-7-13/h3-10H,1-2H3,(H,21,25)(H,22,26). The zero-order valence-electron chi connectivity index (χ0n) is 14.2. The number of nitrogens with zero attached hydrogens (tertiary/aromatic N) is 3. The second-order valence-electron chi connectivity index (χ2n) is 5.61. The molecule has 0 aliphatic carbocycles. The monoisotopic (exact) mass is 369 g/mol. The number of pyridine rings is 1. The van der Waals surface area contributed by atoms with Crippen LogP contribution in [0, 0.1) is 13.8 Å². The zero-order valence-corrected chi connectivity index (χ0v) is 14.9. The van der Waals surface area contributed by atoms with E-state index >= 15 is 0 Å². The van der Waals surface area contributed by atoms with Gasteiger partial charge in [0.05, 0.1) is 10.7 Å². The molecule has 1 aromatic carbocycles. The predicted molar refractivity (Wildman–Crippen MR) is 97.2 cm³/mol. The molecule has 2 N–H and O–H groups in total. The van der Waals surface area contributed by atoms with Gasteiger partial charge in [0.1, 0.15) is 0 Å². The molecule has 0 saturated heterocycles. The number of hydrogen-bond acceptors (Lipinski definition) is 4. The van der Waals surface area contributed by atoms with Crippen molar-refractivity contribution in [2.75, 3.05) is 0 Å². The summed E-state index contributed by atoms with van der Waals surface area (Å²) in [5.74, 6) is -0.605. The van der Waals surface area contributed by atoms with E-state index in [1.165, 1.54) is 0 Å². The van der Waals surface area contributed by atoms with E-state index in [9.17, 15) is 9.59 Å². The van der Waals surface area contributed by atoms with Crippen molar-refractivity contribution in [3.8, 4) is 5.82 Å². The Morgan fingerprint density at radius 2 is 1.69 bits per heavy atom. The Hall–Kier alpha value is -3.19. The van der Waals surface area contributed by atoms with Crippen molar-refractivity contribution in [2.45, 2.75) is 13.8 Å². The third kappa shape index (κ3) is 3.73. The number of rotatable bonds is 3. The lowest BCUT2D eigenvalue weighted by atomic mass is 10.2. The minimum atomic E-state index is -0.623. The number of carbonyl (C=O) groups excluding carboxylic acids is 2. The molecule has 0 spiro atoms. The largest absolute Gasteiger partial charge is 0.289 e. The summed E-state index contributed by atoms with van der Waals surface area (Å²) in [7, 11) is 0. The molecule has 0 aliphatic heterocycles. The Balaban J connectivity index is 1.78. The fourth-order valence-electron chi connectivity index (χ4n) is 2.40. The second kappa shape index (κ2) is 7.37. The highest BCUT2D eigenvalue weighted by atomic mass is 35.5. The molecular weight excluding hydrogens is 354 g/mol. The third-order valence-corrected chi connectivity index (χ3v) is 3.90. The first-order valence-corrected chi connectivity index (χ1v) is 8.19. The van der Waals surface area contributed by atoms with Gasteiger partial charge in [0.25, 0.3) is 11.8 Å². The molecule has 8 heteroatoms. The summed E-state index contributed by atoms with van der Waals surface area (Å²) in [6.45, 7) is 3.75. The predicted octanol–water partition coefficient (Wildman–Crippen LogP) is 2.61. The van der Waals surface area contributed by atoms with Crippen molar-refractivity contribution < 1.29 is 9.59 Å². The molecule has 2 heterocycles. The second-order valence-corrected chi connectivity index (χ2v) is 6.02. The maximum Gasteiger partial charge on any atom is 0.289 e. The van der Waals surface area contributed by atoms with Crippen LogP contribution in [0.25, 0.3) is 5.82 Å². The van der Waals surface area contributed by atoms with Gasteiger partial charge in [0.15, 0.2) is 11.5 Å². The van der Waals surface area contributed by atoms with Crippen LogP contribution in [0.1, 0.15) is 32.2 Å². The van der Waals surface area contributed by atoms with Crippen LogP contribution in [0.3, 0.4) is 0 Å². The van der Waals surface area contributed by atoms with Crippen LogP contribution in [0.5, 0.6) is 0 Å². The molecule has 0 aliphatic rings. The van der Waals surface area contributed by atoms with Crippen LogP contribution < -0.4 is 10.9 Å². The van der Waals surface area contributed by atoms with E-state index < -0.39 is 11.8 Å². The Morgan fingerprint density at radius 3 is 2.35 bits per heavy atom. The van der Waals surface area contributed by atoms with Crippen molar-refractivity contribution in [2.24, 2.45) is 0 Å². The lowest BCUT2D eigenvalue weighted by Gasteiger charge is -2.10. The van der Waals surface area contributed by atoms with Crippen molar-refractivity contribution >= 4 is 23.4 Å². The minimum Gasteiger partial charge on any atom is -0.267 e. The van der Waals surface area contributed by atoms with Crippen LogP contribution in [0.15, 0.2) is 48.5 Å². The molecule has 132 valence electrons. The van der Waals surface area contributed by atoms with Gasteiger partial charge in [-0.1, -0.05) is 29.8 Å². The van der Waals surface area contributed by atoms with Gasteiger partial charge in [-0.25, -0.2) is 9.67 Å². The van der Waals surface area contributed by atoms with Gasteiger partial charge < -0.3 is 0 Å². The molecule has 0 atom stereocenters. The summed E-state index contributed by atoms with van der Waals surface area (Å²) in [5, 5.41) is 4.50. The molecule has 0 bridgehead atoms. The van der Waals surface area contributed by atoms with E-state index in [1.54, 1.807) is 47.1 Å². The number of aryl methyl sites for hydroxylation is 2. The van der Waals surface area contributed by atoms with Gasteiger partial charge in [-0.3, -0.25) is 20.4 Å². The highest BCUT2D eigenvalue weighted by molar-refractivity contribution is 6.33. The summed E-state index contributed by atoms with van der Waals surface area (Å²) in [6.07, 6.45) is 0. The Bertz CT molecular complexity index is 969. The number of hydrazine groups is 1. The van der Waals surface area contributed by atoms with Crippen molar-refractivity contribution in [3.63, 3.8) is 0 Å². The topological polar surface area (TPSA) is 88.9 Å². The van der Waals surface area contributed by atoms with Gasteiger partial charge in [-0.05, 0) is 44.2 Å². The van der Waals surface area contributed by atoms with E-state index in [1.807, 2.05) is 19.9 Å². The first-order chi connectivity index (χ1) is 12.5. The van der Waals surface area contributed by atoms with Gasteiger partial charge in [-0.2, -0.15) is 5.10 Å². The van der Waals surface area contributed by atoms with Crippen LogP contribution in [-0.4, -0.2) is 26.6 Å². The summed E-state index contributed by atoms with van der Waals surface area (Å²) in [5.41, 5.74) is 6.78. The Labute approximate surface area is 155 Å². The first kappa shape index (κ1) is 17.6. The number of carbonyl (C=O) groups is 2. The van der Waals surface area contributed by atoms with E-state index in [2.05, 4.69) is 20.9 Å². The quantitative estimate of drug-likeness (QED) is 0.694. The van der Waals surface area contributed by atoms with E-state index in [4.69, 9.17) is 11.6 Å². The smallest absolute Gasteiger partial charge is 0.267 e. The molecular formula is C18H16ClN5O2. The van der Waals surface area contributed by atoms with Gasteiger partial charge in [0, 0.05) is 11.3 Å². The number of nitrogens with one attached hydrogen (secondary N) is 2. The summed E-state index contributed by atoms with van der Waals surface area (Å²) < 4.78 is 1.62. The number of halogens is 1. The summed E-state index contributed by atoms with van der Waals surface area (Å²) in [4.78, 5) is 28.7. The maximum atomic E-state index is 12.4. The molecule has 7 nitrogen and oxygen atoms in total. The highest BCUT2D eigenvalue weighted by Crippen LogP contribution is 2.17. The molecule has 26 heavy (non-hydrogen) atoms. The van der Waals surface area contributed by atoms with E-state index in [0.717, 1.165) is 11.4 Å². The van der Waals surface area contributed by atoms with E-state index in [-0.39, 0.29) is 10.7 Å². The van der Waals surface area contributed by atoms with Gasteiger partial charge in [-0.15, -0.1) is 0 Å². The van der Waals surface area contributed by atoms with Crippen LogP contribution in [-0.2, 0) is 0 Å². The average Bonchev–Trinajstić information content (AvgIpc) is 2.98. The summed E-state index contributed by atoms with van der Waals surface area (Å²) in [6, 6.07) is 13.7. The van der Waals surface area contributed by atoms with Crippen LogP contribution in [0.2, 0.25) is 5.02 Å². The number of benzene rings is 1. The molecule has 0 fully saturated rings. The highest BCUT2D eigenvalue weighted by Gasteiger charge is 2.16. The van der Waals surface area contributed by atoms with Crippen LogP contribution >= 0.6 is 11.6 Å². The SMILES string of the molecule is Cc1cc(C)n(-c2ccc(Cl)c(C(=O)NNC(=O)c3ccccc3)n2)n1.